The van der Waals surface area contributed by atoms with Gasteiger partial charge in [0.25, 0.3) is 0 Å². The molecule has 1 aromatic heterocycles. The Hall–Kier alpha value is -0.880. The molecule has 0 aromatic carbocycles. The fraction of sp³-hybridized carbons (Fsp3) is 0.625. The number of hydrogen-bond acceptors (Lipinski definition) is 5. The zero-order valence-electron chi connectivity index (χ0n) is 8.23. The van der Waals surface area contributed by atoms with Crippen molar-refractivity contribution >= 4 is 35.1 Å². The van der Waals surface area contributed by atoms with Crippen LogP contribution in [0.1, 0.15) is 12.8 Å². The fourth-order valence-electron chi connectivity index (χ4n) is 1.19. The van der Waals surface area contributed by atoms with Crippen LogP contribution in [-0.2, 0) is 4.79 Å². The molecule has 0 spiro atoms. The van der Waals surface area contributed by atoms with E-state index in [2.05, 4.69) is 14.1 Å². The van der Waals surface area contributed by atoms with Crippen LogP contribution < -0.4 is 10.2 Å². The number of carbonyl (C=O) groups excluding carboxylic acids is 1. The minimum absolute atomic E-state index is 0.00377. The second-order valence-electron chi connectivity index (χ2n) is 3.58. The van der Waals surface area contributed by atoms with Crippen molar-refractivity contribution in [3.05, 3.63) is 5.15 Å². The van der Waals surface area contributed by atoms with Gasteiger partial charge in [-0.1, -0.05) is 11.6 Å². The Balaban J connectivity index is 1.88. The molecule has 0 saturated heterocycles. The Morgan fingerprint density at radius 1 is 1.67 bits per heavy atom. The van der Waals surface area contributed by atoms with E-state index in [1.165, 1.54) is 0 Å². The van der Waals surface area contributed by atoms with Crippen LogP contribution in [0.5, 0.6) is 0 Å². The maximum atomic E-state index is 11.5. The predicted molar refractivity (Wildman–Crippen MR) is 59.4 cm³/mol. The summed E-state index contributed by atoms with van der Waals surface area (Å²) < 4.78 is 7.85. The van der Waals surface area contributed by atoms with E-state index in [9.17, 15) is 4.79 Å². The van der Waals surface area contributed by atoms with Crippen LogP contribution in [0.15, 0.2) is 0 Å². The minimum atomic E-state index is 0.00377. The first kappa shape index (κ1) is 10.6. The summed E-state index contributed by atoms with van der Waals surface area (Å²) in [6, 6.07) is 0.384. The van der Waals surface area contributed by atoms with Crippen molar-refractivity contribution in [1.29, 1.82) is 0 Å². The molecule has 0 radical (unpaired) electrons. The quantitative estimate of drug-likeness (QED) is 0.858. The number of rotatable bonds is 4. The number of hydrogen-bond donors (Lipinski definition) is 1. The van der Waals surface area contributed by atoms with E-state index in [-0.39, 0.29) is 12.5 Å². The van der Waals surface area contributed by atoms with Crippen molar-refractivity contribution < 1.29 is 4.79 Å². The van der Waals surface area contributed by atoms with Gasteiger partial charge in [0.2, 0.25) is 5.91 Å². The molecular formula is C8H11ClN4OS. The molecule has 1 amide bonds. The van der Waals surface area contributed by atoms with Gasteiger partial charge in [-0.2, -0.15) is 8.75 Å². The van der Waals surface area contributed by atoms with Crippen LogP contribution in [0.25, 0.3) is 0 Å². The number of aromatic nitrogens is 2. The van der Waals surface area contributed by atoms with Crippen molar-refractivity contribution in [1.82, 2.24) is 14.1 Å². The van der Waals surface area contributed by atoms with Gasteiger partial charge < -0.3 is 10.2 Å². The number of nitrogens with zero attached hydrogens (tertiary/aromatic N) is 3. The van der Waals surface area contributed by atoms with Gasteiger partial charge in [-0.3, -0.25) is 4.79 Å². The highest BCUT2D eigenvalue weighted by Gasteiger charge is 2.24. The van der Waals surface area contributed by atoms with Gasteiger partial charge in [-0.15, -0.1) is 0 Å². The highest BCUT2D eigenvalue weighted by molar-refractivity contribution is 6.99. The Bertz CT molecular complexity index is 365. The molecule has 82 valence electrons. The molecule has 1 aromatic rings. The number of carbonyl (C=O) groups is 1. The van der Waals surface area contributed by atoms with Crippen LogP contribution in [0.4, 0.5) is 5.82 Å². The normalized spacial score (nSPS) is 15.1. The second kappa shape index (κ2) is 4.32. The Morgan fingerprint density at radius 3 is 2.93 bits per heavy atom. The maximum Gasteiger partial charge on any atom is 0.239 e. The van der Waals surface area contributed by atoms with Gasteiger partial charge in [-0.05, 0) is 12.8 Å². The summed E-state index contributed by atoms with van der Waals surface area (Å²) in [5, 5.41) is 3.25. The predicted octanol–water partition coefficient (Wildman–Crippen LogP) is 0.906. The van der Waals surface area contributed by atoms with Gasteiger partial charge in [-0.25, -0.2) is 0 Å². The van der Waals surface area contributed by atoms with Crippen molar-refractivity contribution in [3.8, 4) is 0 Å². The number of anilines is 1. The standard InChI is InChI=1S/C8H11ClN4OS/c1-13(8-7(9)11-15-12-8)4-6(14)10-5-2-3-5/h5H,2-4H2,1H3,(H,10,14). The van der Waals surface area contributed by atoms with E-state index in [1.54, 1.807) is 11.9 Å². The molecule has 0 aliphatic heterocycles. The van der Waals surface area contributed by atoms with Crippen LogP contribution in [0.3, 0.4) is 0 Å². The summed E-state index contributed by atoms with van der Waals surface area (Å²) in [6.45, 7) is 0.266. The summed E-state index contributed by atoms with van der Waals surface area (Å²) in [5.41, 5.74) is 0. The molecule has 1 fully saturated rings. The number of likely N-dealkylation sites (N-methyl/N-ethyl adjacent to an activating group) is 1. The first-order chi connectivity index (χ1) is 7.16. The third kappa shape index (κ3) is 2.79. The third-order valence-electron chi connectivity index (χ3n) is 2.12. The van der Waals surface area contributed by atoms with Crippen LogP contribution in [0.2, 0.25) is 5.15 Å². The van der Waals surface area contributed by atoms with E-state index < -0.39 is 0 Å². The Kier molecular flexibility index (Phi) is 3.06. The third-order valence-corrected chi connectivity index (χ3v) is 2.99. The van der Waals surface area contributed by atoms with E-state index >= 15 is 0 Å². The van der Waals surface area contributed by atoms with Crippen LogP contribution >= 0.6 is 23.3 Å². The zero-order chi connectivity index (χ0) is 10.8. The topological polar surface area (TPSA) is 58.1 Å². The van der Waals surface area contributed by atoms with Crippen molar-refractivity contribution in [3.63, 3.8) is 0 Å². The van der Waals surface area contributed by atoms with Gasteiger partial charge in [0.05, 0.1) is 18.3 Å². The smallest absolute Gasteiger partial charge is 0.239 e. The second-order valence-corrected chi connectivity index (χ2v) is 4.46. The lowest BCUT2D eigenvalue weighted by molar-refractivity contribution is -0.119. The lowest BCUT2D eigenvalue weighted by Gasteiger charge is -2.15. The van der Waals surface area contributed by atoms with Gasteiger partial charge in [0, 0.05) is 13.1 Å². The summed E-state index contributed by atoms with van der Waals surface area (Å²) in [5.74, 6) is 0.566. The molecule has 0 bridgehead atoms. The van der Waals surface area contributed by atoms with Crippen LogP contribution in [-0.4, -0.2) is 34.3 Å². The van der Waals surface area contributed by atoms with E-state index in [0.29, 0.717) is 17.0 Å². The van der Waals surface area contributed by atoms with Crippen molar-refractivity contribution in [2.24, 2.45) is 0 Å². The molecule has 5 nitrogen and oxygen atoms in total. The average Bonchev–Trinajstić information content (AvgIpc) is 2.85. The molecule has 1 N–H and O–H groups in total. The number of amides is 1. The summed E-state index contributed by atoms with van der Waals surface area (Å²) >= 11 is 6.84. The maximum absolute atomic E-state index is 11.5. The highest BCUT2D eigenvalue weighted by atomic mass is 35.5. The molecule has 0 unspecified atom stereocenters. The number of nitrogens with one attached hydrogen (secondary N) is 1. The van der Waals surface area contributed by atoms with Gasteiger partial charge in [0.1, 0.15) is 0 Å². The highest BCUT2D eigenvalue weighted by Crippen LogP contribution is 2.22. The largest absolute Gasteiger partial charge is 0.352 e. The van der Waals surface area contributed by atoms with Gasteiger partial charge >= 0.3 is 0 Å². The number of halogens is 1. The molecular weight excluding hydrogens is 236 g/mol. The summed E-state index contributed by atoms with van der Waals surface area (Å²) in [6.07, 6.45) is 2.18. The first-order valence-electron chi connectivity index (χ1n) is 4.65. The van der Waals surface area contributed by atoms with Crippen LogP contribution in [0, 0.1) is 0 Å². The average molecular weight is 247 g/mol. The fourth-order valence-corrected chi connectivity index (χ4v) is 2.02. The molecule has 2 rings (SSSR count). The first-order valence-corrected chi connectivity index (χ1v) is 5.76. The Labute approximate surface area is 96.8 Å². The SMILES string of the molecule is CN(CC(=O)NC1CC1)c1nsnc1Cl. The lowest BCUT2D eigenvalue weighted by atomic mass is 10.5. The van der Waals surface area contributed by atoms with E-state index in [4.69, 9.17) is 11.6 Å². The summed E-state index contributed by atoms with van der Waals surface area (Å²) in [7, 11) is 1.77. The zero-order valence-corrected chi connectivity index (χ0v) is 9.81. The molecule has 7 heteroatoms. The molecule has 1 aliphatic rings. The van der Waals surface area contributed by atoms with Crippen molar-refractivity contribution in [2.75, 3.05) is 18.5 Å². The molecule has 1 aliphatic carbocycles. The molecule has 1 saturated carbocycles. The minimum Gasteiger partial charge on any atom is -0.352 e. The molecule has 1 heterocycles. The summed E-state index contributed by atoms with van der Waals surface area (Å²) in [4.78, 5) is 13.2. The molecule has 15 heavy (non-hydrogen) atoms. The Morgan fingerprint density at radius 2 is 2.40 bits per heavy atom. The lowest BCUT2D eigenvalue weighted by Crippen LogP contribution is -2.36. The monoisotopic (exact) mass is 246 g/mol. The van der Waals surface area contributed by atoms with Gasteiger partial charge in [0.15, 0.2) is 11.0 Å². The van der Waals surface area contributed by atoms with E-state index in [0.717, 1.165) is 24.6 Å². The van der Waals surface area contributed by atoms with E-state index in [1.807, 2.05) is 0 Å². The van der Waals surface area contributed by atoms with Crippen molar-refractivity contribution in [2.45, 2.75) is 18.9 Å². The molecule has 0 atom stereocenters.